The van der Waals surface area contributed by atoms with Gasteiger partial charge >= 0.3 is 6.61 Å². The number of nitrogens with zero attached hydrogens (tertiary/aromatic N) is 3. The Morgan fingerprint density at radius 3 is 2.25 bits per heavy atom. The average molecular weight is 333 g/mol. The number of aromatic nitrogens is 2. The van der Waals surface area contributed by atoms with Crippen molar-refractivity contribution in [3.63, 3.8) is 0 Å². The molecule has 1 aromatic heterocycles. The van der Waals surface area contributed by atoms with E-state index in [1.54, 1.807) is 0 Å². The van der Waals surface area contributed by atoms with Crippen LogP contribution in [0.25, 0.3) is 22.8 Å². The van der Waals surface area contributed by atoms with Gasteiger partial charge in [0.05, 0.1) is 4.92 Å². The lowest BCUT2D eigenvalue weighted by Crippen LogP contribution is -2.01. The second-order valence-electron chi connectivity index (χ2n) is 4.63. The largest absolute Gasteiger partial charge is 0.435 e. The summed E-state index contributed by atoms with van der Waals surface area (Å²) in [6, 6.07) is 11.4. The van der Waals surface area contributed by atoms with E-state index in [4.69, 9.17) is 4.52 Å². The summed E-state index contributed by atoms with van der Waals surface area (Å²) < 4.78 is 33.6. The quantitative estimate of drug-likeness (QED) is 0.519. The van der Waals surface area contributed by atoms with Crippen molar-refractivity contribution in [1.29, 1.82) is 0 Å². The smallest absolute Gasteiger partial charge is 0.387 e. The molecule has 0 aliphatic heterocycles. The standard InChI is InChI=1S/C15H9F2N3O4/c16-15(17)23-12-7-3-9(4-8-12)13-18-14(24-19-13)10-1-5-11(6-2-10)20(21)22/h1-8,15H. The van der Waals surface area contributed by atoms with Crippen molar-refractivity contribution in [2.24, 2.45) is 0 Å². The Kier molecular flexibility index (Phi) is 4.15. The molecule has 3 rings (SSSR count). The molecule has 7 nitrogen and oxygen atoms in total. The van der Waals surface area contributed by atoms with E-state index >= 15 is 0 Å². The molecule has 0 radical (unpaired) electrons. The summed E-state index contributed by atoms with van der Waals surface area (Å²) in [4.78, 5) is 14.3. The minimum absolute atomic E-state index is 0.0211. The first-order chi connectivity index (χ1) is 11.5. The lowest BCUT2D eigenvalue weighted by atomic mass is 10.2. The molecule has 0 aliphatic rings. The second kappa shape index (κ2) is 6.41. The lowest BCUT2D eigenvalue weighted by molar-refractivity contribution is -0.384. The molecule has 0 unspecified atom stereocenters. The van der Waals surface area contributed by atoms with E-state index in [1.807, 2.05) is 0 Å². The van der Waals surface area contributed by atoms with Crippen molar-refractivity contribution < 1.29 is 23.0 Å². The van der Waals surface area contributed by atoms with Crippen LogP contribution in [0.4, 0.5) is 14.5 Å². The number of ether oxygens (including phenoxy) is 1. The Labute approximate surface area is 133 Å². The van der Waals surface area contributed by atoms with Gasteiger partial charge in [0, 0.05) is 23.3 Å². The number of halogens is 2. The minimum Gasteiger partial charge on any atom is -0.435 e. The number of hydrogen-bond acceptors (Lipinski definition) is 6. The van der Waals surface area contributed by atoms with E-state index in [9.17, 15) is 18.9 Å². The number of alkyl halides is 2. The van der Waals surface area contributed by atoms with E-state index in [0.29, 0.717) is 11.1 Å². The predicted octanol–water partition coefficient (Wildman–Crippen LogP) is 3.91. The van der Waals surface area contributed by atoms with Crippen molar-refractivity contribution in [1.82, 2.24) is 10.1 Å². The van der Waals surface area contributed by atoms with Crippen LogP contribution < -0.4 is 4.74 Å². The number of hydrogen-bond donors (Lipinski definition) is 0. The SMILES string of the molecule is O=[N+]([O-])c1ccc(-c2nc(-c3ccc(OC(F)F)cc3)no2)cc1. The molecule has 9 heteroatoms. The number of non-ortho nitro benzene ring substituents is 1. The van der Waals surface area contributed by atoms with Crippen molar-refractivity contribution in [2.45, 2.75) is 6.61 Å². The molecule has 0 atom stereocenters. The van der Waals surface area contributed by atoms with Gasteiger partial charge in [0.25, 0.3) is 11.6 Å². The van der Waals surface area contributed by atoms with Gasteiger partial charge in [-0.25, -0.2) is 0 Å². The highest BCUT2D eigenvalue weighted by atomic mass is 19.3. The van der Waals surface area contributed by atoms with E-state index in [0.717, 1.165) is 0 Å². The Hall–Kier alpha value is -3.36. The van der Waals surface area contributed by atoms with Gasteiger partial charge in [-0.2, -0.15) is 13.8 Å². The fourth-order valence-electron chi connectivity index (χ4n) is 1.97. The van der Waals surface area contributed by atoms with Gasteiger partial charge in [-0.1, -0.05) is 5.16 Å². The molecule has 3 aromatic rings. The molecule has 122 valence electrons. The van der Waals surface area contributed by atoms with Gasteiger partial charge in [-0.15, -0.1) is 0 Å². The van der Waals surface area contributed by atoms with Crippen molar-refractivity contribution in [3.8, 4) is 28.6 Å². The molecule has 0 saturated carbocycles. The van der Waals surface area contributed by atoms with Gasteiger partial charge in [0.2, 0.25) is 5.82 Å². The minimum atomic E-state index is -2.89. The van der Waals surface area contributed by atoms with Crippen LogP contribution in [-0.4, -0.2) is 21.7 Å². The summed E-state index contributed by atoms with van der Waals surface area (Å²) in [5.74, 6) is 0.465. The maximum absolute atomic E-state index is 12.1. The Morgan fingerprint density at radius 2 is 1.67 bits per heavy atom. The van der Waals surface area contributed by atoms with Crippen molar-refractivity contribution >= 4 is 5.69 Å². The highest BCUT2D eigenvalue weighted by Gasteiger charge is 2.13. The predicted molar refractivity (Wildman–Crippen MR) is 78.5 cm³/mol. The van der Waals surface area contributed by atoms with Gasteiger partial charge in [-0.3, -0.25) is 10.1 Å². The van der Waals surface area contributed by atoms with Crippen LogP contribution >= 0.6 is 0 Å². The third kappa shape index (κ3) is 3.35. The molecule has 0 aliphatic carbocycles. The molecule has 1 heterocycles. The van der Waals surface area contributed by atoms with Crippen LogP contribution in [0, 0.1) is 10.1 Å². The molecule has 0 saturated heterocycles. The summed E-state index contributed by atoms with van der Waals surface area (Å²) in [5.41, 5.74) is 1.03. The lowest BCUT2D eigenvalue weighted by Gasteiger charge is -2.03. The maximum Gasteiger partial charge on any atom is 0.387 e. The van der Waals surface area contributed by atoms with E-state index in [-0.39, 0.29) is 23.2 Å². The van der Waals surface area contributed by atoms with Crippen LogP contribution in [0.1, 0.15) is 0 Å². The monoisotopic (exact) mass is 333 g/mol. The van der Waals surface area contributed by atoms with Crippen molar-refractivity contribution in [2.75, 3.05) is 0 Å². The molecule has 0 bridgehead atoms. The molecule has 0 spiro atoms. The zero-order valence-corrected chi connectivity index (χ0v) is 11.9. The van der Waals surface area contributed by atoms with Crippen LogP contribution in [0.15, 0.2) is 53.1 Å². The average Bonchev–Trinajstić information content (AvgIpc) is 3.05. The first-order valence-electron chi connectivity index (χ1n) is 6.67. The molecular formula is C15H9F2N3O4. The fourth-order valence-corrected chi connectivity index (χ4v) is 1.97. The number of rotatable bonds is 5. The Balaban J connectivity index is 1.81. The normalized spacial score (nSPS) is 10.8. The summed E-state index contributed by atoms with van der Waals surface area (Å²) in [5, 5.41) is 14.4. The molecular weight excluding hydrogens is 324 g/mol. The zero-order valence-electron chi connectivity index (χ0n) is 11.9. The third-order valence-electron chi connectivity index (χ3n) is 3.09. The topological polar surface area (TPSA) is 91.3 Å². The zero-order chi connectivity index (χ0) is 17.1. The summed E-state index contributed by atoms with van der Waals surface area (Å²) in [6.07, 6.45) is 0. The van der Waals surface area contributed by atoms with Gasteiger partial charge in [0.1, 0.15) is 5.75 Å². The first-order valence-corrected chi connectivity index (χ1v) is 6.67. The highest BCUT2D eigenvalue weighted by molar-refractivity contribution is 5.61. The highest BCUT2D eigenvalue weighted by Crippen LogP contribution is 2.25. The van der Waals surface area contributed by atoms with Gasteiger partial charge < -0.3 is 9.26 Å². The van der Waals surface area contributed by atoms with Crippen LogP contribution in [0.2, 0.25) is 0 Å². The molecule has 0 amide bonds. The Bertz CT molecular complexity index is 848. The number of nitro groups is 1. The molecule has 2 aromatic carbocycles. The van der Waals surface area contributed by atoms with E-state index in [1.165, 1.54) is 48.5 Å². The van der Waals surface area contributed by atoms with Crippen LogP contribution in [0.3, 0.4) is 0 Å². The first kappa shape index (κ1) is 15.5. The van der Waals surface area contributed by atoms with E-state index < -0.39 is 11.5 Å². The van der Waals surface area contributed by atoms with Crippen LogP contribution in [0.5, 0.6) is 5.75 Å². The fraction of sp³-hybridized carbons (Fsp3) is 0.0667. The molecule has 0 N–H and O–H groups in total. The van der Waals surface area contributed by atoms with Gasteiger partial charge in [0.15, 0.2) is 0 Å². The maximum atomic E-state index is 12.1. The summed E-state index contributed by atoms with van der Waals surface area (Å²) in [7, 11) is 0. The second-order valence-corrected chi connectivity index (χ2v) is 4.63. The third-order valence-corrected chi connectivity index (χ3v) is 3.09. The molecule has 24 heavy (non-hydrogen) atoms. The van der Waals surface area contributed by atoms with E-state index in [2.05, 4.69) is 14.9 Å². The molecule has 0 fully saturated rings. The number of benzene rings is 2. The number of nitro benzene ring substituents is 1. The Morgan fingerprint density at radius 1 is 1.04 bits per heavy atom. The van der Waals surface area contributed by atoms with Crippen molar-refractivity contribution in [3.05, 3.63) is 58.6 Å². The van der Waals surface area contributed by atoms with Gasteiger partial charge in [-0.05, 0) is 36.4 Å². The van der Waals surface area contributed by atoms with Crippen LogP contribution in [-0.2, 0) is 0 Å². The summed E-state index contributed by atoms with van der Waals surface area (Å²) >= 11 is 0. The summed E-state index contributed by atoms with van der Waals surface area (Å²) in [6.45, 7) is -2.89.